The van der Waals surface area contributed by atoms with E-state index >= 15 is 0 Å². The normalized spacial score (nSPS) is 14.4. The third-order valence-electron chi connectivity index (χ3n) is 6.12. The number of amides is 1. The molecule has 0 aromatic heterocycles. The highest BCUT2D eigenvalue weighted by molar-refractivity contribution is 7.47. The first kappa shape index (κ1) is 37.5. The van der Waals surface area contributed by atoms with Crippen LogP contribution in [-0.4, -0.2) is 64.9 Å². The van der Waals surface area contributed by atoms with Crippen molar-refractivity contribution in [1.29, 1.82) is 0 Å². The first-order chi connectivity index (χ1) is 18.6. The Morgan fingerprint density at radius 1 is 0.718 bits per heavy atom. The quantitative estimate of drug-likeness (QED) is 0.0570. The average Bonchev–Trinajstić information content (AvgIpc) is 2.89. The highest BCUT2D eigenvalue weighted by Crippen LogP contribution is 2.43. The highest BCUT2D eigenvalue weighted by Gasteiger charge is 2.28. The second-order valence-electron chi connectivity index (χ2n) is 9.95. The van der Waals surface area contributed by atoms with Gasteiger partial charge >= 0.3 is 19.8 Å². The number of rotatable bonds is 27. The van der Waals surface area contributed by atoms with Crippen LogP contribution in [0.5, 0.6) is 0 Å². The van der Waals surface area contributed by atoms with Crippen LogP contribution in [0.25, 0.3) is 0 Å². The predicted molar refractivity (Wildman–Crippen MR) is 148 cm³/mol. The number of nitrogens with one attached hydrogen (secondary N) is 1. The summed E-state index contributed by atoms with van der Waals surface area (Å²) < 4.78 is 26.0. The number of esters is 1. The molecule has 3 unspecified atom stereocenters. The van der Waals surface area contributed by atoms with Crippen LogP contribution in [0.3, 0.4) is 0 Å². The van der Waals surface area contributed by atoms with Crippen LogP contribution < -0.4 is 5.32 Å². The molecule has 1 amide bonds. The van der Waals surface area contributed by atoms with Crippen molar-refractivity contribution in [2.24, 2.45) is 0 Å². The van der Waals surface area contributed by atoms with Crippen molar-refractivity contribution in [2.75, 3.05) is 19.8 Å². The number of phosphoric acid groups is 1. The Labute approximate surface area is 234 Å². The number of carbonyl (C=O) groups is 3. The molecule has 0 rings (SSSR count). The SMILES string of the molecule is CCCCCCCCCCCCCCCCC(=O)NC(COP(=O)(O)OCC(O)COC(=O)CCC)C(=O)O. The lowest BCUT2D eigenvalue weighted by Gasteiger charge is -2.18. The van der Waals surface area contributed by atoms with Gasteiger partial charge in [0.2, 0.25) is 5.91 Å². The summed E-state index contributed by atoms with van der Waals surface area (Å²) in [6, 6.07) is -1.53. The summed E-state index contributed by atoms with van der Waals surface area (Å²) in [5, 5.41) is 21.3. The fraction of sp³-hybridized carbons (Fsp3) is 0.889. The Morgan fingerprint density at radius 2 is 1.21 bits per heavy atom. The number of phosphoric ester groups is 1. The first-order valence-corrected chi connectivity index (χ1v) is 16.1. The van der Waals surface area contributed by atoms with Gasteiger partial charge in [-0.2, -0.15) is 0 Å². The highest BCUT2D eigenvalue weighted by atomic mass is 31.2. The van der Waals surface area contributed by atoms with Gasteiger partial charge in [0, 0.05) is 12.8 Å². The molecule has 0 spiro atoms. The fourth-order valence-corrected chi connectivity index (χ4v) is 4.59. The van der Waals surface area contributed by atoms with Crippen molar-refractivity contribution in [1.82, 2.24) is 5.32 Å². The largest absolute Gasteiger partial charge is 0.480 e. The molecule has 0 saturated heterocycles. The van der Waals surface area contributed by atoms with E-state index in [1.165, 1.54) is 64.2 Å². The Balaban J connectivity index is 3.97. The number of ether oxygens (including phenoxy) is 1. The van der Waals surface area contributed by atoms with E-state index in [0.717, 1.165) is 19.3 Å². The van der Waals surface area contributed by atoms with Gasteiger partial charge in [0.05, 0.1) is 13.2 Å². The van der Waals surface area contributed by atoms with Gasteiger partial charge < -0.3 is 25.2 Å². The molecule has 0 fully saturated rings. The third-order valence-corrected chi connectivity index (χ3v) is 7.07. The number of aliphatic hydroxyl groups excluding tert-OH is 1. The molecule has 230 valence electrons. The lowest BCUT2D eigenvalue weighted by Crippen LogP contribution is -2.43. The molecule has 0 aromatic carbocycles. The van der Waals surface area contributed by atoms with Gasteiger partial charge in [0.25, 0.3) is 0 Å². The number of carboxylic acid groups (broad SMARTS) is 1. The van der Waals surface area contributed by atoms with Gasteiger partial charge in [0.15, 0.2) is 6.04 Å². The second kappa shape index (κ2) is 24.3. The number of hydrogen-bond donors (Lipinski definition) is 4. The lowest BCUT2D eigenvalue weighted by atomic mass is 10.0. The van der Waals surface area contributed by atoms with Gasteiger partial charge in [-0.25, -0.2) is 9.36 Å². The van der Waals surface area contributed by atoms with E-state index in [2.05, 4.69) is 21.3 Å². The van der Waals surface area contributed by atoms with Crippen molar-refractivity contribution < 1.29 is 47.8 Å². The van der Waals surface area contributed by atoms with Crippen LogP contribution in [0.1, 0.15) is 123 Å². The van der Waals surface area contributed by atoms with Gasteiger partial charge in [-0.15, -0.1) is 0 Å². The molecule has 12 heteroatoms. The van der Waals surface area contributed by atoms with E-state index in [1.54, 1.807) is 6.92 Å². The molecule has 0 saturated carbocycles. The maximum Gasteiger partial charge on any atom is 0.472 e. The van der Waals surface area contributed by atoms with Gasteiger partial charge in [-0.3, -0.25) is 18.6 Å². The van der Waals surface area contributed by atoms with Crippen LogP contribution in [0.4, 0.5) is 0 Å². The van der Waals surface area contributed by atoms with E-state index in [1.807, 2.05) is 0 Å². The van der Waals surface area contributed by atoms with E-state index in [-0.39, 0.29) is 12.8 Å². The minimum atomic E-state index is -4.71. The third kappa shape index (κ3) is 24.0. The zero-order valence-electron chi connectivity index (χ0n) is 23.9. The Bertz CT molecular complexity index is 706. The summed E-state index contributed by atoms with van der Waals surface area (Å²) >= 11 is 0. The Hall–Kier alpha value is -1.52. The second-order valence-corrected chi connectivity index (χ2v) is 11.4. The molecule has 4 N–H and O–H groups in total. The summed E-state index contributed by atoms with van der Waals surface area (Å²) in [5.41, 5.74) is 0. The van der Waals surface area contributed by atoms with Gasteiger partial charge in [-0.05, 0) is 12.8 Å². The van der Waals surface area contributed by atoms with E-state index in [9.17, 15) is 34.1 Å². The maximum absolute atomic E-state index is 12.1. The summed E-state index contributed by atoms with van der Waals surface area (Å²) in [6.45, 7) is 2.12. The summed E-state index contributed by atoms with van der Waals surface area (Å²) in [4.78, 5) is 44.5. The Morgan fingerprint density at radius 3 is 1.69 bits per heavy atom. The number of aliphatic carboxylic acids is 1. The first-order valence-electron chi connectivity index (χ1n) is 14.6. The lowest BCUT2D eigenvalue weighted by molar-refractivity contribution is -0.147. The van der Waals surface area contributed by atoms with Crippen LogP contribution in [0.15, 0.2) is 0 Å². The predicted octanol–water partition coefficient (Wildman–Crippen LogP) is 5.27. The number of aliphatic hydroxyl groups is 1. The number of carbonyl (C=O) groups excluding carboxylic acids is 2. The maximum atomic E-state index is 12.1. The number of hydrogen-bond acceptors (Lipinski definition) is 8. The summed E-state index contributed by atoms with van der Waals surface area (Å²) in [6.07, 6.45) is 16.2. The van der Waals surface area contributed by atoms with Gasteiger partial charge in [-0.1, -0.05) is 97.3 Å². The van der Waals surface area contributed by atoms with Crippen molar-refractivity contribution >= 4 is 25.7 Å². The van der Waals surface area contributed by atoms with Crippen molar-refractivity contribution in [3.8, 4) is 0 Å². The minimum Gasteiger partial charge on any atom is -0.480 e. The molecular formula is C27H52NO10P. The van der Waals surface area contributed by atoms with E-state index in [4.69, 9.17) is 4.74 Å². The van der Waals surface area contributed by atoms with Crippen molar-refractivity contribution in [3.05, 3.63) is 0 Å². The molecule has 3 atom stereocenters. The summed E-state index contributed by atoms with van der Waals surface area (Å²) in [5.74, 6) is -2.43. The average molecular weight is 582 g/mol. The van der Waals surface area contributed by atoms with Crippen molar-refractivity contribution in [3.63, 3.8) is 0 Å². The topological polar surface area (TPSA) is 169 Å². The molecular weight excluding hydrogens is 529 g/mol. The molecule has 0 radical (unpaired) electrons. The molecule has 0 aliphatic heterocycles. The number of unbranched alkanes of at least 4 members (excludes halogenated alkanes) is 13. The smallest absolute Gasteiger partial charge is 0.472 e. The minimum absolute atomic E-state index is 0.151. The molecule has 0 heterocycles. The van der Waals surface area contributed by atoms with Gasteiger partial charge in [0.1, 0.15) is 12.7 Å². The van der Waals surface area contributed by atoms with Crippen LogP contribution in [0, 0.1) is 0 Å². The zero-order valence-corrected chi connectivity index (χ0v) is 24.8. The van der Waals surface area contributed by atoms with Crippen LogP contribution in [-0.2, 0) is 32.7 Å². The summed E-state index contributed by atoms with van der Waals surface area (Å²) in [7, 11) is -4.71. The van der Waals surface area contributed by atoms with Crippen LogP contribution >= 0.6 is 7.82 Å². The molecule has 0 bridgehead atoms. The fourth-order valence-electron chi connectivity index (χ4n) is 3.82. The molecule has 0 aliphatic rings. The zero-order chi connectivity index (χ0) is 29.4. The molecule has 39 heavy (non-hydrogen) atoms. The van der Waals surface area contributed by atoms with Crippen molar-refractivity contribution in [2.45, 2.75) is 135 Å². The number of carboxylic acids is 1. The standard InChI is InChI=1S/C27H52NO10P/c1-3-5-6-7-8-9-10-11-12-13-14-15-16-17-19-25(30)28-24(27(32)33)22-38-39(34,35)37-21-23(29)20-36-26(31)18-4-2/h23-24,29H,3-22H2,1-2H3,(H,28,30)(H,32,33)(H,34,35). The molecule has 0 aliphatic carbocycles. The monoisotopic (exact) mass is 581 g/mol. The molecule has 11 nitrogen and oxygen atoms in total. The van der Waals surface area contributed by atoms with E-state index in [0.29, 0.717) is 12.8 Å². The Kier molecular flexibility index (Phi) is 23.3. The molecule has 0 aromatic rings. The van der Waals surface area contributed by atoms with E-state index < -0.39 is 57.6 Å². The van der Waals surface area contributed by atoms with Crippen LogP contribution in [0.2, 0.25) is 0 Å².